The first-order valence-electron chi connectivity index (χ1n) is 6.80. The minimum atomic E-state index is -4.96. The highest BCUT2D eigenvalue weighted by molar-refractivity contribution is 7.89. The Morgan fingerprint density at radius 2 is 1.95 bits per heavy atom. The Morgan fingerprint density at radius 3 is 2.59 bits per heavy atom. The summed E-state index contributed by atoms with van der Waals surface area (Å²) in [6.45, 7) is 0.327. The van der Waals surface area contributed by atoms with E-state index < -0.39 is 27.0 Å². The lowest BCUT2D eigenvalue weighted by atomic mass is 10.1. The average Bonchev–Trinajstić information content (AvgIpc) is 2.83. The molecule has 9 heteroatoms. The highest BCUT2D eigenvalue weighted by atomic mass is 32.2. The van der Waals surface area contributed by atoms with Crippen molar-refractivity contribution in [3.8, 4) is 5.75 Å². The summed E-state index contributed by atoms with van der Waals surface area (Å²) < 4.78 is 68.1. The maximum atomic E-state index is 12.4. The molecule has 1 saturated carbocycles. The van der Waals surface area contributed by atoms with E-state index in [1.165, 1.54) is 12.1 Å². The summed E-state index contributed by atoms with van der Waals surface area (Å²) in [7, 11) is -4.12. The van der Waals surface area contributed by atoms with Crippen molar-refractivity contribution >= 4 is 10.0 Å². The number of hydrogen-bond donors (Lipinski definition) is 2. The van der Waals surface area contributed by atoms with Crippen LogP contribution in [-0.4, -0.2) is 27.4 Å². The van der Waals surface area contributed by atoms with Gasteiger partial charge in [0.2, 0.25) is 10.0 Å². The van der Waals surface area contributed by atoms with Crippen LogP contribution in [0.5, 0.6) is 5.75 Å². The van der Waals surface area contributed by atoms with Crippen LogP contribution in [-0.2, 0) is 10.0 Å². The number of halogens is 3. The van der Waals surface area contributed by atoms with Crippen molar-refractivity contribution in [2.75, 3.05) is 6.54 Å². The lowest BCUT2D eigenvalue weighted by Gasteiger charge is -2.20. The first-order chi connectivity index (χ1) is 10.2. The Labute approximate surface area is 126 Å². The molecule has 0 aliphatic heterocycles. The Bertz CT molecular complexity index is 619. The van der Waals surface area contributed by atoms with Gasteiger partial charge in [0.15, 0.2) is 0 Å². The molecular formula is C13H17F3N2O3S. The monoisotopic (exact) mass is 338 g/mol. The third kappa shape index (κ3) is 4.11. The number of benzene rings is 1. The molecule has 3 N–H and O–H groups in total. The molecule has 1 aliphatic carbocycles. The first-order valence-corrected chi connectivity index (χ1v) is 8.28. The minimum Gasteiger partial charge on any atom is -0.404 e. The van der Waals surface area contributed by atoms with Crippen molar-refractivity contribution in [1.29, 1.82) is 0 Å². The number of rotatable bonds is 5. The number of nitrogens with two attached hydrogens (primary N) is 1. The highest BCUT2D eigenvalue weighted by Gasteiger charge is 2.35. The Morgan fingerprint density at radius 1 is 1.27 bits per heavy atom. The van der Waals surface area contributed by atoms with E-state index >= 15 is 0 Å². The molecule has 0 aromatic heterocycles. The van der Waals surface area contributed by atoms with E-state index in [9.17, 15) is 21.6 Å². The van der Waals surface area contributed by atoms with E-state index in [-0.39, 0.29) is 12.0 Å². The molecule has 0 amide bonds. The standard InChI is InChI=1S/C13H17F3N2O3S/c14-13(15,16)21-11-6-1-2-7-12(11)22(19,20)18-10-5-3-4-9(10)8-17/h1-2,6-7,9-10,18H,3-5,8,17H2/t9-,10+/m0/s1. The summed E-state index contributed by atoms with van der Waals surface area (Å²) in [5.41, 5.74) is 5.59. The normalized spacial score (nSPS) is 22.7. The second-order valence-corrected chi connectivity index (χ2v) is 6.83. The van der Waals surface area contributed by atoms with Crippen LogP contribution >= 0.6 is 0 Å². The van der Waals surface area contributed by atoms with Crippen LogP contribution in [0.4, 0.5) is 13.2 Å². The second kappa shape index (κ2) is 6.43. The maximum Gasteiger partial charge on any atom is 0.573 e. The lowest BCUT2D eigenvalue weighted by Crippen LogP contribution is -2.40. The summed E-state index contributed by atoms with van der Waals surface area (Å²) >= 11 is 0. The van der Waals surface area contributed by atoms with E-state index in [1.807, 2.05) is 0 Å². The average molecular weight is 338 g/mol. The molecule has 2 atom stereocenters. The van der Waals surface area contributed by atoms with Crippen LogP contribution in [0, 0.1) is 5.92 Å². The van der Waals surface area contributed by atoms with Gasteiger partial charge in [-0.1, -0.05) is 18.6 Å². The molecule has 1 fully saturated rings. The van der Waals surface area contributed by atoms with Gasteiger partial charge >= 0.3 is 6.36 Å². The van der Waals surface area contributed by atoms with Gasteiger partial charge in [0, 0.05) is 6.04 Å². The van der Waals surface area contributed by atoms with Crippen molar-refractivity contribution in [3.63, 3.8) is 0 Å². The fourth-order valence-electron chi connectivity index (χ4n) is 2.62. The fourth-order valence-corrected chi connectivity index (χ4v) is 4.09. The van der Waals surface area contributed by atoms with Gasteiger partial charge in [-0.15, -0.1) is 13.2 Å². The number of nitrogens with one attached hydrogen (secondary N) is 1. The van der Waals surface area contributed by atoms with Crippen LogP contribution in [0.3, 0.4) is 0 Å². The van der Waals surface area contributed by atoms with Crippen LogP contribution in [0.15, 0.2) is 29.2 Å². The van der Waals surface area contributed by atoms with Gasteiger partial charge in [-0.2, -0.15) is 0 Å². The van der Waals surface area contributed by atoms with E-state index in [0.29, 0.717) is 13.0 Å². The summed E-state index contributed by atoms with van der Waals surface area (Å²) in [6.07, 6.45) is -2.72. The first kappa shape index (κ1) is 17.0. The zero-order chi connectivity index (χ0) is 16.4. The maximum absolute atomic E-state index is 12.4. The molecular weight excluding hydrogens is 321 g/mol. The van der Waals surface area contributed by atoms with Gasteiger partial charge in [0.1, 0.15) is 10.6 Å². The van der Waals surface area contributed by atoms with Gasteiger partial charge in [-0.3, -0.25) is 0 Å². The molecule has 0 heterocycles. The molecule has 5 nitrogen and oxygen atoms in total. The molecule has 0 saturated heterocycles. The van der Waals surface area contributed by atoms with Crippen molar-refractivity contribution in [3.05, 3.63) is 24.3 Å². The smallest absolute Gasteiger partial charge is 0.404 e. The zero-order valence-electron chi connectivity index (χ0n) is 11.6. The van der Waals surface area contributed by atoms with Gasteiger partial charge < -0.3 is 10.5 Å². The SMILES string of the molecule is NC[C@@H]1CCC[C@H]1NS(=O)(=O)c1ccccc1OC(F)(F)F. The molecule has 0 bridgehead atoms. The van der Waals surface area contributed by atoms with Crippen LogP contribution in [0.25, 0.3) is 0 Å². The number of ether oxygens (including phenoxy) is 1. The molecule has 124 valence electrons. The van der Waals surface area contributed by atoms with Gasteiger partial charge in [0.25, 0.3) is 0 Å². The van der Waals surface area contributed by atoms with E-state index in [1.54, 1.807) is 0 Å². The zero-order valence-corrected chi connectivity index (χ0v) is 12.5. The second-order valence-electron chi connectivity index (χ2n) is 5.15. The molecule has 22 heavy (non-hydrogen) atoms. The number of alkyl halides is 3. The quantitative estimate of drug-likeness (QED) is 0.860. The molecule has 0 spiro atoms. The predicted octanol–water partition coefficient (Wildman–Crippen LogP) is 1.99. The van der Waals surface area contributed by atoms with Crippen LogP contribution < -0.4 is 15.2 Å². The van der Waals surface area contributed by atoms with Gasteiger partial charge in [-0.05, 0) is 37.4 Å². The Balaban J connectivity index is 2.26. The topological polar surface area (TPSA) is 81.4 Å². The summed E-state index contributed by atoms with van der Waals surface area (Å²) in [5.74, 6) is -0.754. The molecule has 1 aliphatic rings. The predicted molar refractivity (Wildman–Crippen MR) is 73.6 cm³/mol. The Kier molecular flexibility index (Phi) is 4.98. The lowest BCUT2D eigenvalue weighted by molar-refractivity contribution is -0.275. The van der Waals surface area contributed by atoms with E-state index in [0.717, 1.165) is 25.0 Å². The van der Waals surface area contributed by atoms with E-state index in [4.69, 9.17) is 5.73 Å². The molecule has 0 radical (unpaired) electrons. The van der Waals surface area contributed by atoms with Gasteiger partial charge in [0.05, 0.1) is 0 Å². The molecule has 0 unspecified atom stereocenters. The number of sulfonamides is 1. The largest absolute Gasteiger partial charge is 0.573 e. The Hall–Kier alpha value is -1.32. The van der Waals surface area contributed by atoms with Crippen LogP contribution in [0.1, 0.15) is 19.3 Å². The summed E-state index contributed by atoms with van der Waals surface area (Å²) in [5, 5.41) is 0. The summed E-state index contributed by atoms with van der Waals surface area (Å²) in [6, 6.07) is 4.30. The van der Waals surface area contributed by atoms with Crippen molar-refractivity contribution in [1.82, 2.24) is 4.72 Å². The molecule has 2 rings (SSSR count). The van der Waals surface area contributed by atoms with Crippen molar-refractivity contribution in [2.45, 2.75) is 36.6 Å². The third-order valence-electron chi connectivity index (χ3n) is 3.63. The minimum absolute atomic E-state index is 0.00882. The number of para-hydroxylation sites is 1. The third-order valence-corrected chi connectivity index (χ3v) is 5.16. The highest BCUT2D eigenvalue weighted by Crippen LogP contribution is 2.31. The number of hydrogen-bond acceptors (Lipinski definition) is 4. The van der Waals surface area contributed by atoms with Gasteiger partial charge in [-0.25, -0.2) is 13.1 Å². The fraction of sp³-hybridized carbons (Fsp3) is 0.538. The van der Waals surface area contributed by atoms with Crippen molar-refractivity contribution < 1.29 is 26.3 Å². The van der Waals surface area contributed by atoms with E-state index in [2.05, 4.69) is 9.46 Å². The molecule has 1 aromatic rings. The summed E-state index contributed by atoms with van der Waals surface area (Å²) in [4.78, 5) is -0.532. The van der Waals surface area contributed by atoms with Crippen molar-refractivity contribution in [2.24, 2.45) is 11.7 Å². The molecule has 1 aromatic carbocycles. The van der Waals surface area contributed by atoms with Crippen LogP contribution in [0.2, 0.25) is 0 Å².